The van der Waals surface area contributed by atoms with Crippen LogP contribution in [0, 0.1) is 17.8 Å². The second-order valence-corrected chi connectivity index (χ2v) is 9.88. The minimum atomic E-state index is -4.09. The Labute approximate surface area is 176 Å². The maximum Gasteiger partial charge on any atom is 0.333 e. The second kappa shape index (κ2) is 8.17. The number of hydrogen-bond donors (Lipinski definition) is 1. The lowest BCUT2D eigenvalue weighted by atomic mass is 9.99. The van der Waals surface area contributed by atoms with Crippen molar-refractivity contribution in [3.63, 3.8) is 0 Å². The zero-order valence-electron chi connectivity index (χ0n) is 17.5. The van der Waals surface area contributed by atoms with Crippen LogP contribution < -0.4 is 5.32 Å². The van der Waals surface area contributed by atoms with Gasteiger partial charge in [0.1, 0.15) is 10.7 Å². The van der Waals surface area contributed by atoms with Crippen LogP contribution >= 0.6 is 0 Å². The number of sulfonamides is 1. The summed E-state index contributed by atoms with van der Waals surface area (Å²) in [7, 11) is -4.09. The van der Waals surface area contributed by atoms with Crippen LogP contribution in [-0.4, -0.2) is 55.0 Å². The van der Waals surface area contributed by atoms with E-state index >= 15 is 0 Å². The van der Waals surface area contributed by atoms with Crippen molar-refractivity contribution in [2.24, 2.45) is 22.2 Å². The molecule has 1 saturated heterocycles. The quantitative estimate of drug-likeness (QED) is 0.687. The number of carbonyl (C=O) groups excluding carboxylic acids is 3. The average Bonchev–Trinajstić information content (AvgIpc) is 2.64. The summed E-state index contributed by atoms with van der Waals surface area (Å²) in [6.45, 7) is 7.89. The number of para-hydroxylation sites is 1. The van der Waals surface area contributed by atoms with Gasteiger partial charge in [0.2, 0.25) is 0 Å². The number of nitrogens with zero attached hydrogens (tertiary/aromatic N) is 3. The van der Waals surface area contributed by atoms with Crippen molar-refractivity contribution < 1.29 is 22.8 Å². The van der Waals surface area contributed by atoms with Crippen molar-refractivity contribution >= 4 is 39.4 Å². The molecule has 2 heterocycles. The van der Waals surface area contributed by atoms with E-state index in [0.717, 1.165) is 9.80 Å². The molecule has 2 aliphatic heterocycles. The van der Waals surface area contributed by atoms with Crippen molar-refractivity contribution in [2.75, 3.05) is 18.4 Å². The third kappa shape index (κ3) is 4.09. The normalized spacial score (nSPS) is 21.1. The molecule has 4 amide bonds. The smallest absolute Gasteiger partial charge is 0.333 e. The molecule has 1 unspecified atom stereocenters. The largest absolute Gasteiger partial charge is 0.341 e. The van der Waals surface area contributed by atoms with E-state index in [0.29, 0.717) is 6.42 Å². The topological polar surface area (TPSA) is 116 Å². The molecule has 0 bridgehead atoms. The fraction of sp³-hybridized carbons (Fsp3) is 0.500. The minimum absolute atomic E-state index is 0.0237. The molecule has 1 fully saturated rings. The van der Waals surface area contributed by atoms with E-state index in [1.54, 1.807) is 12.1 Å². The lowest BCUT2D eigenvalue weighted by Gasteiger charge is -2.38. The summed E-state index contributed by atoms with van der Waals surface area (Å²) in [6.07, 6.45) is 0.564. The van der Waals surface area contributed by atoms with E-state index in [2.05, 4.69) is 9.71 Å². The summed E-state index contributed by atoms with van der Waals surface area (Å²) in [5.41, 5.74) is 0.240. The van der Waals surface area contributed by atoms with Crippen molar-refractivity contribution in [1.82, 2.24) is 9.80 Å². The van der Waals surface area contributed by atoms with Gasteiger partial charge < -0.3 is 5.32 Å². The average molecular weight is 435 g/mol. The summed E-state index contributed by atoms with van der Waals surface area (Å²) in [5.74, 6) is -3.11. The third-order valence-electron chi connectivity index (χ3n) is 4.89. The number of amidine groups is 1. The number of anilines is 1. The number of rotatable bonds is 6. The summed E-state index contributed by atoms with van der Waals surface area (Å²) < 4.78 is 29.0. The first-order chi connectivity index (χ1) is 14.0. The maximum atomic E-state index is 13.2. The van der Waals surface area contributed by atoms with Crippen molar-refractivity contribution in [3.8, 4) is 0 Å². The Bertz CT molecular complexity index is 1020. The number of imide groups is 2. The van der Waals surface area contributed by atoms with Gasteiger partial charge in [-0.1, -0.05) is 39.8 Å². The van der Waals surface area contributed by atoms with Crippen molar-refractivity contribution in [1.29, 1.82) is 0 Å². The van der Waals surface area contributed by atoms with Crippen LogP contribution in [-0.2, 0) is 19.6 Å². The molecule has 9 nitrogen and oxygen atoms in total. The second-order valence-electron chi connectivity index (χ2n) is 8.30. The summed E-state index contributed by atoms with van der Waals surface area (Å²) in [5, 5.41) is 2.82. The number of nitrogens with one attached hydrogen (secondary N) is 1. The number of carbonyl (C=O) groups is 3. The van der Waals surface area contributed by atoms with E-state index in [4.69, 9.17) is 0 Å². The van der Waals surface area contributed by atoms with Gasteiger partial charge in [-0.2, -0.15) is 8.42 Å². The summed E-state index contributed by atoms with van der Waals surface area (Å²) in [4.78, 5) is 41.2. The van der Waals surface area contributed by atoms with Crippen molar-refractivity contribution in [2.45, 2.75) is 39.0 Å². The molecule has 1 N–H and O–H groups in total. The Hall–Kier alpha value is -2.75. The molecule has 0 aromatic heterocycles. The molecule has 0 saturated carbocycles. The lowest BCUT2D eigenvalue weighted by Crippen LogP contribution is -2.63. The van der Waals surface area contributed by atoms with Crippen LogP contribution in [0.3, 0.4) is 0 Å². The van der Waals surface area contributed by atoms with Gasteiger partial charge in [-0.15, -0.1) is 4.40 Å². The number of urea groups is 1. The first kappa shape index (κ1) is 21.9. The first-order valence-electron chi connectivity index (χ1n) is 9.90. The zero-order valence-corrected chi connectivity index (χ0v) is 18.3. The molecule has 0 aliphatic carbocycles. The van der Waals surface area contributed by atoms with Gasteiger partial charge in [-0.3, -0.25) is 19.4 Å². The number of barbiturate groups is 1. The van der Waals surface area contributed by atoms with E-state index in [1.165, 1.54) is 12.1 Å². The van der Waals surface area contributed by atoms with Crippen LogP contribution in [0.1, 0.15) is 34.1 Å². The van der Waals surface area contributed by atoms with Crippen LogP contribution in [0.25, 0.3) is 0 Å². The Kier molecular flexibility index (Phi) is 5.98. The SMILES string of the molecule is CC(C)CCN1C(=O)C(C2=NS(=O)(=O)c3ccccc3N2)C(=O)N(CC(C)C)C1=O. The standard InChI is InChI=1S/C20H26N4O5S/c1-12(2)9-10-23-18(25)16(19(26)24(20(23)27)11-13(3)4)17-21-14-7-5-6-8-15(14)30(28,29)22-17/h5-8,12-13,16H,9-11H2,1-4H3,(H,21,22). The van der Waals surface area contributed by atoms with Crippen LogP contribution in [0.2, 0.25) is 0 Å². The summed E-state index contributed by atoms with van der Waals surface area (Å²) >= 11 is 0. The van der Waals surface area contributed by atoms with Crippen LogP contribution in [0.4, 0.5) is 10.5 Å². The van der Waals surface area contributed by atoms with Gasteiger partial charge >= 0.3 is 6.03 Å². The number of amides is 4. The zero-order chi connectivity index (χ0) is 22.2. The van der Waals surface area contributed by atoms with E-state index in [9.17, 15) is 22.8 Å². The van der Waals surface area contributed by atoms with Gasteiger partial charge in [-0.05, 0) is 30.4 Å². The molecule has 1 aromatic rings. The molecular weight excluding hydrogens is 408 g/mol. The molecular formula is C20H26N4O5S. The molecule has 3 rings (SSSR count). The third-order valence-corrected chi connectivity index (χ3v) is 6.23. The molecule has 162 valence electrons. The first-order valence-corrected chi connectivity index (χ1v) is 11.3. The highest BCUT2D eigenvalue weighted by atomic mass is 32.2. The highest BCUT2D eigenvalue weighted by Gasteiger charge is 2.49. The molecule has 0 spiro atoms. The highest BCUT2D eigenvalue weighted by molar-refractivity contribution is 7.90. The van der Waals surface area contributed by atoms with Gasteiger partial charge in [0.15, 0.2) is 5.92 Å². The lowest BCUT2D eigenvalue weighted by molar-refractivity contribution is -0.146. The fourth-order valence-corrected chi connectivity index (χ4v) is 4.53. The highest BCUT2D eigenvalue weighted by Crippen LogP contribution is 2.30. The molecule has 1 aromatic carbocycles. The van der Waals surface area contributed by atoms with Crippen molar-refractivity contribution in [3.05, 3.63) is 24.3 Å². The minimum Gasteiger partial charge on any atom is -0.341 e. The predicted octanol–water partition coefficient (Wildman–Crippen LogP) is 2.31. The Morgan fingerprint density at radius 1 is 1.00 bits per heavy atom. The molecule has 10 heteroatoms. The van der Waals surface area contributed by atoms with Gasteiger partial charge in [0.05, 0.1) is 5.69 Å². The Balaban J connectivity index is 2.03. The fourth-order valence-electron chi connectivity index (χ4n) is 3.37. The molecule has 2 aliphatic rings. The molecule has 0 radical (unpaired) electrons. The monoisotopic (exact) mass is 434 g/mol. The van der Waals surface area contributed by atoms with Crippen LogP contribution in [0.15, 0.2) is 33.6 Å². The van der Waals surface area contributed by atoms with Gasteiger partial charge in [0.25, 0.3) is 21.8 Å². The Morgan fingerprint density at radius 3 is 2.27 bits per heavy atom. The summed E-state index contributed by atoms with van der Waals surface area (Å²) in [6, 6.07) is 5.46. The Morgan fingerprint density at radius 2 is 1.63 bits per heavy atom. The van der Waals surface area contributed by atoms with Gasteiger partial charge in [-0.25, -0.2) is 4.79 Å². The number of benzene rings is 1. The van der Waals surface area contributed by atoms with E-state index in [-0.39, 0.29) is 41.3 Å². The maximum absolute atomic E-state index is 13.2. The number of fused-ring (bicyclic) bond motifs is 1. The van der Waals surface area contributed by atoms with Crippen LogP contribution in [0.5, 0.6) is 0 Å². The molecule has 30 heavy (non-hydrogen) atoms. The van der Waals surface area contributed by atoms with E-state index in [1.807, 2.05) is 27.7 Å². The number of hydrogen-bond acceptors (Lipinski definition) is 6. The molecule has 1 atom stereocenters. The van der Waals surface area contributed by atoms with Gasteiger partial charge in [0, 0.05) is 13.1 Å². The van der Waals surface area contributed by atoms with E-state index < -0.39 is 33.8 Å². The predicted molar refractivity (Wildman–Crippen MR) is 111 cm³/mol.